The predicted octanol–water partition coefficient (Wildman–Crippen LogP) is 2.51. The van der Waals surface area contributed by atoms with Gasteiger partial charge in [0.15, 0.2) is 0 Å². The Bertz CT molecular complexity index is 418. The van der Waals surface area contributed by atoms with Crippen molar-refractivity contribution in [3.63, 3.8) is 0 Å². The minimum absolute atomic E-state index is 0.165. The standard InChI is InChI=1S/C16H24FNO3/c1-3-12(4-2)15(19)11-18-16(20)9-10-21-14-7-5-13(17)6-8-14/h5-8,12,15,19H,3-4,9-11H2,1-2H3,(H,18,20). The zero-order valence-electron chi connectivity index (χ0n) is 12.6. The van der Waals surface area contributed by atoms with Gasteiger partial charge in [-0.15, -0.1) is 0 Å². The lowest BCUT2D eigenvalue weighted by atomic mass is 9.96. The van der Waals surface area contributed by atoms with E-state index in [4.69, 9.17) is 4.74 Å². The maximum Gasteiger partial charge on any atom is 0.223 e. The molecule has 0 aliphatic carbocycles. The number of aliphatic hydroxyl groups excluding tert-OH is 1. The second-order valence-electron chi connectivity index (χ2n) is 5.00. The molecule has 1 rings (SSSR count). The fraction of sp³-hybridized carbons (Fsp3) is 0.562. The van der Waals surface area contributed by atoms with Crippen molar-refractivity contribution < 1.29 is 19.0 Å². The number of ether oxygens (including phenoxy) is 1. The molecule has 0 saturated carbocycles. The monoisotopic (exact) mass is 297 g/mol. The number of benzene rings is 1. The molecule has 1 unspecified atom stereocenters. The summed E-state index contributed by atoms with van der Waals surface area (Å²) < 4.78 is 18.0. The Morgan fingerprint density at radius 3 is 2.48 bits per heavy atom. The van der Waals surface area contributed by atoms with Gasteiger partial charge in [-0.3, -0.25) is 4.79 Å². The zero-order chi connectivity index (χ0) is 15.7. The molecule has 2 N–H and O–H groups in total. The number of carbonyl (C=O) groups excluding carboxylic acids is 1. The second kappa shape index (κ2) is 9.34. The van der Waals surface area contributed by atoms with Crippen LogP contribution in [-0.4, -0.2) is 30.3 Å². The molecule has 1 atom stereocenters. The van der Waals surface area contributed by atoms with Gasteiger partial charge in [0, 0.05) is 6.54 Å². The van der Waals surface area contributed by atoms with Crippen LogP contribution in [0.3, 0.4) is 0 Å². The molecule has 21 heavy (non-hydrogen) atoms. The average molecular weight is 297 g/mol. The molecule has 0 radical (unpaired) electrons. The molecule has 5 heteroatoms. The lowest BCUT2D eigenvalue weighted by Gasteiger charge is -2.20. The van der Waals surface area contributed by atoms with Crippen LogP contribution < -0.4 is 10.1 Å². The Kier molecular flexibility index (Phi) is 7.75. The summed E-state index contributed by atoms with van der Waals surface area (Å²) in [4.78, 5) is 11.6. The van der Waals surface area contributed by atoms with Crippen molar-refractivity contribution in [2.24, 2.45) is 5.92 Å². The number of hydrogen-bond donors (Lipinski definition) is 2. The van der Waals surface area contributed by atoms with E-state index in [0.717, 1.165) is 12.8 Å². The Morgan fingerprint density at radius 2 is 1.90 bits per heavy atom. The van der Waals surface area contributed by atoms with E-state index in [0.29, 0.717) is 5.75 Å². The van der Waals surface area contributed by atoms with E-state index in [1.807, 2.05) is 13.8 Å². The van der Waals surface area contributed by atoms with Crippen LogP contribution in [-0.2, 0) is 4.79 Å². The van der Waals surface area contributed by atoms with Gasteiger partial charge in [-0.2, -0.15) is 0 Å². The molecule has 0 aliphatic heterocycles. The van der Waals surface area contributed by atoms with Gasteiger partial charge >= 0.3 is 0 Å². The summed E-state index contributed by atoms with van der Waals surface area (Å²) >= 11 is 0. The highest BCUT2D eigenvalue weighted by Gasteiger charge is 2.16. The zero-order valence-corrected chi connectivity index (χ0v) is 12.6. The predicted molar refractivity (Wildman–Crippen MR) is 79.6 cm³/mol. The van der Waals surface area contributed by atoms with E-state index in [9.17, 15) is 14.3 Å². The number of hydrogen-bond acceptors (Lipinski definition) is 3. The van der Waals surface area contributed by atoms with Crippen LogP contribution in [0.1, 0.15) is 33.1 Å². The summed E-state index contributed by atoms with van der Waals surface area (Å²) in [5.41, 5.74) is 0. The smallest absolute Gasteiger partial charge is 0.223 e. The SMILES string of the molecule is CCC(CC)C(O)CNC(=O)CCOc1ccc(F)cc1. The molecule has 0 spiro atoms. The molecule has 4 nitrogen and oxygen atoms in total. The van der Waals surface area contributed by atoms with Crippen molar-refractivity contribution >= 4 is 5.91 Å². The summed E-state index contributed by atoms with van der Waals surface area (Å²) in [7, 11) is 0. The van der Waals surface area contributed by atoms with Crippen molar-refractivity contribution in [2.45, 2.75) is 39.2 Å². The number of halogens is 1. The normalized spacial score (nSPS) is 12.2. The van der Waals surface area contributed by atoms with Crippen LogP contribution in [0.25, 0.3) is 0 Å². The third-order valence-electron chi connectivity index (χ3n) is 3.51. The number of rotatable bonds is 9. The van der Waals surface area contributed by atoms with Crippen molar-refractivity contribution in [1.82, 2.24) is 5.32 Å². The van der Waals surface area contributed by atoms with Gasteiger partial charge < -0.3 is 15.2 Å². The van der Waals surface area contributed by atoms with Crippen LogP contribution in [0.2, 0.25) is 0 Å². The molecule has 0 fully saturated rings. The van der Waals surface area contributed by atoms with Crippen LogP contribution >= 0.6 is 0 Å². The highest BCUT2D eigenvalue weighted by atomic mass is 19.1. The summed E-state index contributed by atoms with van der Waals surface area (Å²) in [5.74, 6) is 0.250. The Hall–Kier alpha value is -1.62. The number of nitrogens with one attached hydrogen (secondary N) is 1. The number of carbonyl (C=O) groups is 1. The molecule has 1 amide bonds. The van der Waals surface area contributed by atoms with E-state index < -0.39 is 6.10 Å². The Balaban J connectivity index is 2.20. The number of aliphatic hydroxyl groups is 1. The average Bonchev–Trinajstić information content (AvgIpc) is 2.48. The van der Waals surface area contributed by atoms with Gasteiger partial charge in [-0.25, -0.2) is 4.39 Å². The topological polar surface area (TPSA) is 58.6 Å². The second-order valence-corrected chi connectivity index (χ2v) is 5.00. The van der Waals surface area contributed by atoms with Crippen molar-refractivity contribution in [1.29, 1.82) is 0 Å². The molecule has 0 bridgehead atoms. The maximum absolute atomic E-state index is 12.7. The third-order valence-corrected chi connectivity index (χ3v) is 3.51. The summed E-state index contributed by atoms with van der Waals surface area (Å²) in [6, 6.07) is 5.65. The molecule has 0 saturated heterocycles. The van der Waals surface area contributed by atoms with Gasteiger partial charge in [-0.1, -0.05) is 26.7 Å². The Labute approximate surface area is 125 Å². The molecule has 0 aliphatic rings. The summed E-state index contributed by atoms with van der Waals surface area (Å²) in [6.45, 7) is 4.53. The summed E-state index contributed by atoms with van der Waals surface area (Å²) in [5, 5.41) is 12.6. The summed E-state index contributed by atoms with van der Waals surface area (Å²) in [6.07, 6.45) is 1.47. The van der Waals surface area contributed by atoms with Crippen LogP contribution in [0.4, 0.5) is 4.39 Å². The van der Waals surface area contributed by atoms with Gasteiger partial charge in [0.1, 0.15) is 11.6 Å². The molecular weight excluding hydrogens is 273 g/mol. The van der Waals surface area contributed by atoms with E-state index in [1.54, 1.807) is 0 Å². The first-order valence-corrected chi connectivity index (χ1v) is 7.39. The third kappa shape index (κ3) is 6.58. The first-order valence-electron chi connectivity index (χ1n) is 7.39. The van der Waals surface area contributed by atoms with Crippen molar-refractivity contribution in [3.8, 4) is 5.75 Å². The maximum atomic E-state index is 12.7. The van der Waals surface area contributed by atoms with Gasteiger partial charge in [0.25, 0.3) is 0 Å². The van der Waals surface area contributed by atoms with E-state index in [2.05, 4.69) is 5.32 Å². The largest absolute Gasteiger partial charge is 0.493 e. The van der Waals surface area contributed by atoms with Gasteiger partial charge in [0.2, 0.25) is 5.91 Å². The minimum Gasteiger partial charge on any atom is -0.493 e. The van der Waals surface area contributed by atoms with E-state index in [-0.39, 0.29) is 37.2 Å². The molecule has 0 aromatic heterocycles. The van der Waals surface area contributed by atoms with Crippen molar-refractivity contribution in [3.05, 3.63) is 30.1 Å². The van der Waals surface area contributed by atoms with Gasteiger partial charge in [-0.05, 0) is 30.2 Å². The lowest BCUT2D eigenvalue weighted by molar-refractivity contribution is -0.122. The molecule has 0 heterocycles. The van der Waals surface area contributed by atoms with Crippen LogP contribution in [0.15, 0.2) is 24.3 Å². The van der Waals surface area contributed by atoms with E-state index >= 15 is 0 Å². The van der Waals surface area contributed by atoms with Crippen LogP contribution in [0.5, 0.6) is 5.75 Å². The molecular formula is C16H24FNO3. The molecule has 118 valence electrons. The lowest BCUT2D eigenvalue weighted by Crippen LogP contribution is -2.36. The molecule has 1 aromatic carbocycles. The highest BCUT2D eigenvalue weighted by molar-refractivity contribution is 5.76. The minimum atomic E-state index is -0.512. The fourth-order valence-corrected chi connectivity index (χ4v) is 2.10. The quantitative estimate of drug-likeness (QED) is 0.736. The highest BCUT2D eigenvalue weighted by Crippen LogP contribution is 2.12. The van der Waals surface area contributed by atoms with E-state index in [1.165, 1.54) is 24.3 Å². The number of amides is 1. The van der Waals surface area contributed by atoms with Crippen molar-refractivity contribution in [2.75, 3.05) is 13.2 Å². The van der Waals surface area contributed by atoms with Gasteiger partial charge in [0.05, 0.1) is 19.1 Å². The molecule has 1 aromatic rings. The first kappa shape index (κ1) is 17.4. The van der Waals surface area contributed by atoms with Crippen LogP contribution in [0, 0.1) is 11.7 Å². The first-order chi connectivity index (χ1) is 10.1. The Morgan fingerprint density at radius 1 is 1.29 bits per heavy atom. The fourth-order valence-electron chi connectivity index (χ4n) is 2.10.